The van der Waals surface area contributed by atoms with Crippen molar-refractivity contribution < 1.29 is 18.0 Å². The van der Waals surface area contributed by atoms with Crippen LogP contribution in [0.5, 0.6) is 0 Å². The van der Waals surface area contributed by atoms with Crippen LogP contribution in [0.25, 0.3) is 0 Å². The van der Waals surface area contributed by atoms with Crippen molar-refractivity contribution in [2.24, 2.45) is 11.8 Å². The van der Waals surface area contributed by atoms with Crippen molar-refractivity contribution in [1.29, 1.82) is 0 Å². The van der Waals surface area contributed by atoms with Crippen LogP contribution in [0.3, 0.4) is 0 Å². The summed E-state index contributed by atoms with van der Waals surface area (Å²) >= 11 is 12.4. The van der Waals surface area contributed by atoms with Crippen molar-refractivity contribution >= 4 is 62.2 Å². The molecule has 2 atom stereocenters. The second-order valence-corrected chi connectivity index (χ2v) is 12.9. The van der Waals surface area contributed by atoms with E-state index in [-0.39, 0.29) is 20.6 Å². The van der Waals surface area contributed by atoms with Gasteiger partial charge in [0, 0.05) is 25.8 Å². The number of halogens is 2. The molecule has 1 aromatic heterocycles. The van der Waals surface area contributed by atoms with E-state index in [0.29, 0.717) is 18.2 Å². The summed E-state index contributed by atoms with van der Waals surface area (Å²) in [5.74, 6) is -0.596. The number of sulfonamides is 1. The van der Waals surface area contributed by atoms with Gasteiger partial charge in [0.05, 0.1) is 27.3 Å². The number of para-hydroxylation sites is 2. The number of hydrogen-bond donors (Lipinski definition) is 2. The summed E-state index contributed by atoms with van der Waals surface area (Å²) < 4.78 is 29.0. The van der Waals surface area contributed by atoms with Gasteiger partial charge in [-0.3, -0.25) is 13.9 Å². The van der Waals surface area contributed by atoms with Gasteiger partial charge in [0.1, 0.15) is 16.8 Å². The first-order chi connectivity index (χ1) is 19.7. The van der Waals surface area contributed by atoms with E-state index >= 15 is 0 Å². The maximum Gasteiger partial charge on any atom is 0.266 e. The number of aromatic nitrogens is 1. The molecular formula is C29H31Cl2N5O4S. The number of carbonyl (C=O) groups excluding carboxylic acids is 2. The number of fused-ring (bicyclic) bond motifs is 1. The van der Waals surface area contributed by atoms with E-state index in [1.807, 2.05) is 18.2 Å². The lowest BCUT2D eigenvalue weighted by atomic mass is 9.93. The van der Waals surface area contributed by atoms with E-state index in [0.717, 1.165) is 42.5 Å². The fourth-order valence-electron chi connectivity index (χ4n) is 5.43. The Hall–Kier alpha value is -3.34. The number of hydrogen-bond acceptors (Lipinski definition) is 6. The lowest BCUT2D eigenvalue weighted by Crippen LogP contribution is -2.57. The number of rotatable bonds is 8. The zero-order valence-corrected chi connectivity index (χ0v) is 24.8. The Kier molecular flexibility index (Phi) is 8.72. The highest BCUT2D eigenvalue weighted by Gasteiger charge is 2.46. The van der Waals surface area contributed by atoms with Gasteiger partial charge < -0.3 is 15.5 Å². The van der Waals surface area contributed by atoms with E-state index in [4.69, 9.17) is 23.2 Å². The molecule has 2 amide bonds. The van der Waals surface area contributed by atoms with E-state index in [2.05, 4.69) is 20.5 Å². The van der Waals surface area contributed by atoms with Crippen LogP contribution in [0.1, 0.15) is 26.2 Å². The molecule has 216 valence electrons. The number of nitrogens with zero attached hydrogens (tertiary/aromatic N) is 3. The minimum absolute atomic E-state index is 0.0655. The largest absolute Gasteiger partial charge is 0.357 e. The summed E-state index contributed by atoms with van der Waals surface area (Å²) in [6.45, 7) is 3.77. The smallest absolute Gasteiger partial charge is 0.266 e. The number of anilines is 3. The molecule has 2 aliphatic heterocycles. The molecule has 2 aromatic carbocycles. The third-order valence-corrected chi connectivity index (χ3v) is 10.5. The second kappa shape index (κ2) is 12.3. The zero-order valence-electron chi connectivity index (χ0n) is 22.5. The van der Waals surface area contributed by atoms with Crippen molar-refractivity contribution in [2.45, 2.75) is 37.1 Å². The van der Waals surface area contributed by atoms with E-state index in [1.54, 1.807) is 37.4 Å². The average Bonchev–Trinajstić information content (AvgIpc) is 2.98. The molecule has 9 nitrogen and oxygen atoms in total. The summed E-state index contributed by atoms with van der Waals surface area (Å²) in [7, 11) is -4.39. The first-order valence-electron chi connectivity index (χ1n) is 13.5. The first kappa shape index (κ1) is 29.2. The second-order valence-electron chi connectivity index (χ2n) is 10.3. The van der Waals surface area contributed by atoms with Gasteiger partial charge in [-0.15, -0.1) is 0 Å². The van der Waals surface area contributed by atoms with Crippen LogP contribution in [0, 0.1) is 11.8 Å². The Morgan fingerprint density at radius 3 is 2.54 bits per heavy atom. The predicted octanol–water partition coefficient (Wildman–Crippen LogP) is 4.96. The highest BCUT2D eigenvalue weighted by Crippen LogP contribution is 2.40. The van der Waals surface area contributed by atoms with Crippen molar-refractivity contribution in [1.82, 2.24) is 10.3 Å². The standard InChI is InChI=1S/C29H31Cl2N5O4S/c1-19(28(37)33-16-12-20-13-17-35(18-14-20)25-11-4-5-15-32-25)27-29(38)34-22-8-2-3-9-23(22)36(27)41(39,40)24-10-6-7-21(30)26(24)31/h2-11,15,19-20,27H,12-14,16-18H2,1H3,(H,33,37)(H,34,38). The Morgan fingerprint density at radius 2 is 1.80 bits per heavy atom. The maximum absolute atomic E-state index is 14.0. The van der Waals surface area contributed by atoms with Crippen LogP contribution < -0.4 is 19.8 Å². The van der Waals surface area contributed by atoms with Crippen molar-refractivity contribution in [3.05, 3.63) is 76.9 Å². The quantitative estimate of drug-likeness (QED) is 0.370. The molecule has 1 fully saturated rings. The average molecular weight is 617 g/mol. The highest BCUT2D eigenvalue weighted by molar-refractivity contribution is 7.93. The van der Waals surface area contributed by atoms with Gasteiger partial charge in [0.2, 0.25) is 11.8 Å². The molecule has 0 bridgehead atoms. The molecule has 0 radical (unpaired) electrons. The number of amides is 2. The Labute approximate surface area is 249 Å². The topological polar surface area (TPSA) is 112 Å². The minimum Gasteiger partial charge on any atom is -0.357 e. The molecule has 5 rings (SSSR count). The molecule has 0 spiro atoms. The van der Waals surface area contributed by atoms with Gasteiger partial charge >= 0.3 is 0 Å². The molecule has 0 aliphatic carbocycles. The fourth-order valence-corrected chi connectivity index (χ4v) is 7.87. The Bertz CT molecular complexity index is 1530. The monoisotopic (exact) mass is 615 g/mol. The lowest BCUT2D eigenvalue weighted by molar-refractivity contribution is -0.129. The van der Waals surface area contributed by atoms with Crippen LogP contribution in [-0.2, 0) is 19.6 Å². The van der Waals surface area contributed by atoms with Crippen LogP contribution in [0.4, 0.5) is 17.2 Å². The summed E-state index contributed by atoms with van der Waals surface area (Å²) in [5.41, 5.74) is 0.563. The molecule has 2 N–H and O–H groups in total. The van der Waals surface area contributed by atoms with Crippen LogP contribution in [0.15, 0.2) is 71.8 Å². The maximum atomic E-state index is 14.0. The first-order valence-corrected chi connectivity index (χ1v) is 15.7. The van der Waals surface area contributed by atoms with E-state index in [1.165, 1.54) is 18.2 Å². The third-order valence-electron chi connectivity index (χ3n) is 7.70. The highest BCUT2D eigenvalue weighted by atomic mass is 35.5. The Balaban J connectivity index is 1.29. The molecular weight excluding hydrogens is 585 g/mol. The summed E-state index contributed by atoms with van der Waals surface area (Å²) in [5, 5.41) is 5.61. The van der Waals surface area contributed by atoms with Crippen molar-refractivity contribution in [2.75, 3.05) is 34.2 Å². The molecule has 12 heteroatoms. The van der Waals surface area contributed by atoms with Gasteiger partial charge in [-0.05, 0) is 61.6 Å². The summed E-state index contributed by atoms with van der Waals surface area (Å²) in [4.78, 5) is 33.1. The molecule has 3 aromatic rings. The third kappa shape index (κ3) is 6.00. The number of carbonyl (C=O) groups is 2. The number of benzene rings is 2. The molecule has 2 aliphatic rings. The zero-order chi connectivity index (χ0) is 29.1. The number of pyridine rings is 1. The predicted molar refractivity (Wildman–Crippen MR) is 161 cm³/mol. The van der Waals surface area contributed by atoms with Gasteiger partial charge in [0.15, 0.2) is 0 Å². The van der Waals surface area contributed by atoms with Crippen LogP contribution in [-0.4, -0.2) is 50.9 Å². The molecule has 3 heterocycles. The molecule has 2 unspecified atom stereocenters. The molecule has 0 saturated carbocycles. The number of nitrogens with one attached hydrogen (secondary N) is 2. The summed E-state index contributed by atoms with van der Waals surface area (Å²) in [6.07, 6.45) is 4.54. The van der Waals surface area contributed by atoms with E-state index in [9.17, 15) is 18.0 Å². The molecule has 41 heavy (non-hydrogen) atoms. The van der Waals surface area contributed by atoms with Gasteiger partial charge in [-0.1, -0.05) is 54.4 Å². The fraction of sp³-hybridized carbons (Fsp3) is 0.345. The number of piperidine rings is 1. The van der Waals surface area contributed by atoms with Crippen LogP contribution >= 0.6 is 23.2 Å². The van der Waals surface area contributed by atoms with Crippen molar-refractivity contribution in [3.8, 4) is 0 Å². The van der Waals surface area contributed by atoms with Gasteiger partial charge in [-0.25, -0.2) is 13.4 Å². The van der Waals surface area contributed by atoms with Crippen LogP contribution in [0.2, 0.25) is 10.0 Å². The van der Waals surface area contributed by atoms with Gasteiger partial charge in [0.25, 0.3) is 10.0 Å². The minimum atomic E-state index is -4.39. The Morgan fingerprint density at radius 1 is 1.07 bits per heavy atom. The normalized spacial score (nSPS) is 18.4. The van der Waals surface area contributed by atoms with Gasteiger partial charge in [-0.2, -0.15) is 0 Å². The van der Waals surface area contributed by atoms with E-state index < -0.39 is 33.8 Å². The SMILES string of the molecule is CC(C(=O)NCCC1CCN(c2ccccn2)CC1)C1C(=O)Nc2ccccc2N1S(=O)(=O)c1cccc(Cl)c1Cl. The molecule has 1 saturated heterocycles. The van der Waals surface area contributed by atoms with Crippen molar-refractivity contribution in [3.63, 3.8) is 0 Å². The lowest BCUT2D eigenvalue weighted by Gasteiger charge is -2.39. The summed E-state index contributed by atoms with van der Waals surface area (Å²) in [6, 6.07) is 15.4.